The van der Waals surface area contributed by atoms with Crippen LogP contribution in [0, 0.1) is 0 Å². The van der Waals surface area contributed by atoms with E-state index in [0.717, 1.165) is 39.3 Å². The molecule has 0 unspecified atom stereocenters. The molecule has 0 atom stereocenters. The summed E-state index contributed by atoms with van der Waals surface area (Å²) in [6.45, 7) is 5.03. The third-order valence-corrected chi connectivity index (χ3v) is 4.65. The molecule has 4 N–H and O–H groups in total. The van der Waals surface area contributed by atoms with E-state index in [1.54, 1.807) is 19.4 Å². The third kappa shape index (κ3) is 5.72. The molecule has 1 aromatic rings. The van der Waals surface area contributed by atoms with Crippen LogP contribution in [0.4, 0.5) is 0 Å². The van der Waals surface area contributed by atoms with Crippen LogP contribution in [0.1, 0.15) is 12.1 Å². The molecule has 1 saturated heterocycles. The van der Waals surface area contributed by atoms with E-state index in [1.165, 1.54) is 6.21 Å². The lowest BCUT2D eigenvalue weighted by molar-refractivity contribution is -0.117. The van der Waals surface area contributed by atoms with Gasteiger partial charge < -0.3 is 21.1 Å². The SMILES string of the molecule is C/N=C(N)\C(=C1\N=CC(C(=O)NCCCN2CCOCC2)=CN1)c1ccccn1. The second kappa shape index (κ2) is 10.5. The fourth-order valence-electron chi connectivity index (χ4n) is 3.04. The van der Waals surface area contributed by atoms with Crippen LogP contribution in [-0.4, -0.2) is 74.3 Å². The van der Waals surface area contributed by atoms with Gasteiger partial charge in [0.1, 0.15) is 11.7 Å². The maximum Gasteiger partial charge on any atom is 0.254 e. The number of rotatable bonds is 7. The fraction of sp³-hybridized carbons (Fsp3) is 0.400. The number of amidine groups is 1. The third-order valence-electron chi connectivity index (χ3n) is 4.65. The van der Waals surface area contributed by atoms with E-state index in [-0.39, 0.29) is 5.91 Å². The quantitative estimate of drug-likeness (QED) is 0.342. The number of ether oxygens (including phenoxy) is 1. The first kappa shape index (κ1) is 20.7. The molecule has 0 radical (unpaired) electrons. The van der Waals surface area contributed by atoms with Gasteiger partial charge in [0.2, 0.25) is 0 Å². The van der Waals surface area contributed by atoms with Gasteiger partial charge in [0, 0.05) is 45.3 Å². The number of aliphatic imine (C=N–C) groups is 2. The first-order chi connectivity index (χ1) is 14.2. The van der Waals surface area contributed by atoms with Gasteiger partial charge in [0.15, 0.2) is 0 Å². The van der Waals surface area contributed by atoms with Crippen molar-refractivity contribution in [2.75, 3.05) is 46.4 Å². The van der Waals surface area contributed by atoms with Crippen LogP contribution >= 0.6 is 0 Å². The first-order valence-electron chi connectivity index (χ1n) is 9.66. The van der Waals surface area contributed by atoms with Gasteiger partial charge in [0.25, 0.3) is 5.91 Å². The summed E-state index contributed by atoms with van der Waals surface area (Å²) in [5.74, 6) is 0.641. The van der Waals surface area contributed by atoms with Crippen LogP contribution in [0.25, 0.3) is 5.57 Å². The van der Waals surface area contributed by atoms with E-state index in [2.05, 4.69) is 30.5 Å². The molecule has 0 bridgehead atoms. The van der Waals surface area contributed by atoms with Crippen molar-refractivity contribution >= 4 is 23.5 Å². The number of carbonyl (C=O) groups is 1. The zero-order valence-corrected chi connectivity index (χ0v) is 16.6. The number of nitrogens with zero attached hydrogens (tertiary/aromatic N) is 4. The normalized spacial score (nSPS) is 19.3. The summed E-state index contributed by atoms with van der Waals surface area (Å²) in [5, 5.41) is 5.97. The molecule has 1 amide bonds. The van der Waals surface area contributed by atoms with Crippen LogP contribution in [0.2, 0.25) is 0 Å². The number of pyridine rings is 1. The van der Waals surface area contributed by atoms with E-state index in [0.29, 0.717) is 35.0 Å². The minimum Gasteiger partial charge on any atom is -0.383 e. The van der Waals surface area contributed by atoms with E-state index in [1.807, 2.05) is 18.2 Å². The molecule has 1 aromatic heterocycles. The molecule has 3 rings (SSSR count). The van der Waals surface area contributed by atoms with Gasteiger partial charge in [-0.15, -0.1) is 0 Å². The molecule has 154 valence electrons. The fourth-order valence-corrected chi connectivity index (χ4v) is 3.04. The van der Waals surface area contributed by atoms with Crippen LogP contribution in [0.15, 0.2) is 52.0 Å². The summed E-state index contributed by atoms with van der Waals surface area (Å²) in [5.41, 5.74) is 7.74. The van der Waals surface area contributed by atoms with Crippen LogP contribution in [0.5, 0.6) is 0 Å². The van der Waals surface area contributed by atoms with Gasteiger partial charge in [-0.05, 0) is 25.1 Å². The van der Waals surface area contributed by atoms with Crippen molar-refractivity contribution in [3.63, 3.8) is 0 Å². The predicted octanol–water partition coefficient (Wildman–Crippen LogP) is 0.134. The zero-order chi connectivity index (χ0) is 20.5. The van der Waals surface area contributed by atoms with Crippen LogP contribution in [-0.2, 0) is 9.53 Å². The monoisotopic (exact) mass is 397 g/mol. The maximum absolute atomic E-state index is 12.4. The number of aromatic nitrogens is 1. The van der Waals surface area contributed by atoms with Crippen molar-refractivity contribution in [3.05, 3.63) is 47.7 Å². The number of morpholine rings is 1. The maximum atomic E-state index is 12.4. The molecule has 9 heteroatoms. The number of nitrogens with two attached hydrogens (primary N) is 1. The standard InChI is InChI=1S/C20H27N7O2/c1-22-18(21)17(16-5-2-3-6-23-16)19-25-13-15(14-26-19)20(28)24-7-4-8-27-9-11-29-12-10-27/h2-3,5-6,13-14,25H,4,7-12H2,1H3,(H2,21,22)(H,24,28)/b19-17+. The number of hydrogen-bond donors (Lipinski definition) is 3. The summed E-state index contributed by atoms with van der Waals surface area (Å²) in [4.78, 5) is 27.5. The van der Waals surface area contributed by atoms with E-state index in [9.17, 15) is 4.79 Å². The Labute approximate surface area is 170 Å². The summed E-state index contributed by atoms with van der Waals surface area (Å²) >= 11 is 0. The molecule has 0 aliphatic carbocycles. The van der Waals surface area contributed by atoms with Gasteiger partial charge in [-0.3, -0.25) is 19.7 Å². The van der Waals surface area contributed by atoms with Gasteiger partial charge in [-0.25, -0.2) is 4.99 Å². The Hall–Kier alpha value is -3.04. The molecule has 2 aliphatic rings. The highest BCUT2D eigenvalue weighted by atomic mass is 16.5. The van der Waals surface area contributed by atoms with E-state index in [4.69, 9.17) is 10.5 Å². The highest BCUT2D eigenvalue weighted by molar-refractivity contribution is 6.22. The number of carbonyl (C=O) groups excluding carboxylic acids is 1. The second-order valence-electron chi connectivity index (χ2n) is 6.61. The summed E-state index contributed by atoms with van der Waals surface area (Å²) in [6.07, 6.45) is 5.71. The van der Waals surface area contributed by atoms with Crippen LogP contribution in [0.3, 0.4) is 0 Å². The molecule has 2 aliphatic heterocycles. The molecule has 3 heterocycles. The highest BCUT2D eigenvalue weighted by Crippen LogP contribution is 2.18. The lowest BCUT2D eigenvalue weighted by Gasteiger charge is -2.26. The van der Waals surface area contributed by atoms with Gasteiger partial charge in [-0.1, -0.05) is 6.07 Å². The Morgan fingerprint density at radius 3 is 2.86 bits per heavy atom. The Balaban J connectivity index is 1.56. The smallest absolute Gasteiger partial charge is 0.254 e. The topological polar surface area (TPSA) is 117 Å². The average Bonchev–Trinajstić information content (AvgIpc) is 2.78. The van der Waals surface area contributed by atoms with Crippen molar-refractivity contribution in [1.82, 2.24) is 20.5 Å². The Morgan fingerprint density at radius 2 is 2.21 bits per heavy atom. The van der Waals surface area contributed by atoms with Crippen LogP contribution < -0.4 is 16.4 Å². The number of nitrogens with one attached hydrogen (secondary N) is 2. The molecular formula is C20H27N7O2. The predicted molar refractivity (Wildman–Crippen MR) is 113 cm³/mol. The molecule has 0 saturated carbocycles. The number of amides is 1. The molecular weight excluding hydrogens is 370 g/mol. The van der Waals surface area contributed by atoms with E-state index >= 15 is 0 Å². The highest BCUT2D eigenvalue weighted by Gasteiger charge is 2.18. The number of hydrogen-bond acceptors (Lipinski definition) is 7. The molecule has 1 fully saturated rings. The second-order valence-corrected chi connectivity index (χ2v) is 6.61. The summed E-state index contributed by atoms with van der Waals surface area (Å²) < 4.78 is 5.34. The summed E-state index contributed by atoms with van der Waals surface area (Å²) in [7, 11) is 1.61. The Kier molecular flexibility index (Phi) is 7.48. The molecule has 9 nitrogen and oxygen atoms in total. The minimum absolute atomic E-state index is 0.168. The van der Waals surface area contributed by atoms with Crippen molar-refractivity contribution in [3.8, 4) is 0 Å². The molecule has 0 aromatic carbocycles. The zero-order valence-electron chi connectivity index (χ0n) is 16.6. The largest absolute Gasteiger partial charge is 0.383 e. The molecule has 29 heavy (non-hydrogen) atoms. The minimum atomic E-state index is -0.168. The Bertz CT molecular complexity index is 824. The van der Waals surface area contributed by atoms with Crippen molar-refractivity contribution < 1.29 is 9.53 Å². The van der Waals surface area contributed by atoms with E-state index < -0.39 is 0 Å². The average molecular weight is 397 g/mol. The lowest BCUT2D eigenvalue weighted by Crippen LogP contribution is -2.38. The summed E-state index contributed by atoms with van der Waals surface area (Å²) in [6, 6.07) is 5.52. The van der Waals surface area contributed by atoms with Crippen molar-refractivity contribution in [2.24, 2.45) is 15.7 Å². The lowest BCUT2D eigenvalue weighted by atomic mass is 10.1. The van der Waals surface area contributed by atoms with Gasteiger partial charge in [0.05, 0.1) is 30.1 Å². The first-order valence-corrected chi connectivity index (χ1v) is 9.66. The van der Waals surface area contributed by atoms with Crippen molar-refractivity contribution in [1.29, 1.82) is 0 Å². The molecule has 0 spiro atoms. The van der Waals surface area contributed by atoms with Gasteiger partial charge in [-0.2, -0.15) is 0 Å². The van der Waals surface area contributed by atoms with Gasteiger partial charge >= 0.3 is 0 Å². The van der Waals surface area contributed by atoms with Crippen molar-refractivity contribution in [2.45, 2.75) is 6.42 Å². The Morgan fingerprint density at radius 1 is 1.38 bits per heavy atom.